The van der Waals surface area contributed by atoms with Gasteiger partial charge in [0.15, 0.2) is 11.0 Å². The molecule has 0 aliphatic carbocycles. The Morgan fingerprint density at radius 2 is 1.85 bits per heavy atom. The van der Waals surface area contributed by atoms with Crippen molar-refractivity contribution in [2.75, 3.05) is 7.11 Å². The van der Waals surface area contributed by atoms with Gasteiger partial charge in [-0.05, 0) is 54.1 Å². The first-order chi connectivity index (χ1) is 16.1. The van der Waals surface area contributed by atoms with Crippen LogP contribution in [0.4, 0.5) is 0 Å². The van der Waals surface area contributed by atoms with Crippen LogP contribution < -0.4 is 9.61 Å². The molecule has 0 radical (unpaired) electrons. The lowest BCUT2D eigenvalue weighted by atomic mass is 10.2. The van der Waals surface area contributed by atoms with Gasteiger partial charge in [-0.2, -0.15) is 0 Å². The SMILES string of the molecule is COc1ccc(-n2c(Cn3c(=O)sc4ccccc43)nnc2SCc2cccc(Cl)c2)cc1. The standard InChI is InChI=1S/C24H19ClN4O2S2/c1-31-19-11-9-18(10-12-19)29-22(14-28-20-7-2-3-8-21(20)33-24(28)30)26-27-23(29)32-15-16-5-4-6-17(25)13-16/h2-13H,14-15H2,1H3. The van der Waals surface area contributed by atoms with Crippen molar-refractivity contribution < 1.29 is 4.74 Å². The lowest BCUT2D eigenvalue weighted by molar-refractivity contribution is 0.414. The lowest BCUT2D eigenvalue weighted by Crippen LogP contribution is -2.16. The fourth-order valence-electron chi connectivity index (χ4n) is 3.57. The molecule has 33 heavy (non-hydrogen) atoms. The van der Waals surface area contributed by atoms with Gasteiger partial charge in [0.2, 0.25) is 0 Å². The summed E-state index contributed by atoms with van der Waals surface area (Å²) in [5.41, 5.74) is 2.89. The number of methoxy groups -OCH3 is 1. The number of hydrogen-bond acceptors (Lipinski definition) is 6. The van der Waals surface area contributed by atoms with Crippen LogP contribution in [0.15, 0.2) is 82.7 Å². The Morgan fingerprint density at radius 3 is 2.64 bits per heavy atom. The molecule has 6 nitrogen and oxygen atoms in total. The minimum Gasteiger partial charge on any atom is -0.497 e. The topological polar surface area (TPSA) is 61.9 Å². The van der Waals surface area contributed by atoms with Crippen LogP contribution >= 0.6 is 34.7 Å². The van der Waals surface area contributed by atoms with Crippen LogP contribution in [-0.2, 0) is 12.3 Å². The second-order valence-corrected chi connectivity index (χ2v) is 9.64. The quantitative estimate of drug-likeness (QED) is 0.274. The molecule has 0 saturated carbocycles. The summed E-state index contributed by atoms with van der Waals surface area (Å²) in [6.07, 6.45) is 0. The molecule has 2 aromatic heterocycles. The molecule has 0 aliphatic heterocycles. The van der Waals surface area contributed by atoms with E-state index in [4.69, 9.17) is 16.3 Å². The van der Waals surface area contributed by atoms with Crippen molar-refractivity contribution >= 4 is 44.9 Å². The number of fused-ring (bicyclic) bond motifs is 1. The van der Waals surface area contributed by atoms with Gasteiger partial charge in [-0.3, -0.25) is 13.9 Å². The Kier molecular flexibility index (Phi) is 6.22. The summed E-state index contributed by atoms with van der Waals surface area (Å²) in [6.45, 7) is 0.319. The molecular formula is C24H19ClN4O2S2. The number of nitrogens with zero attached hydrogens (tertiary/aromatic N) is 4. The largest absolute Gasteiger partial charge is 0.497 e. The highest BCUT2D eigenvalue weighted by Crippen LogP contribution is 2.28. The fourth-order valence-corrected chi connectivity index (χ4v) is 5.58. The second kappa shape index (κ2) is 9.43. The van der Waals surface area contributed by atoms with Gasteiger partial charge in [0.05, 0.1) is 23.9 Å². The monoisotopic (exact) mass is 494 g/mol. The smallest absolute Gasteiger partial charge is 0.308 e. The van der Waals surface area contributed by atoms with E-state index in [2.05, 4.69) is 10.2 Å². The Bertz CT molecular complexity index is 1470. The Hall–Kier alpha value is -3.07. The molecule has 0 amide bonds. The van der Waals surface area contributed by atoms with E-state index in [1.165, 1.54) is 11.3 Å². The van der Waals surface area contributed by atoms with Gasteiger partial charge in [-0.1, -0.05) is 59.0 Å². The number of halogens is 1. The van der Waals surface area contributed by atoms with Crippen molar-refractivity contribution in [2.45, 2.75) is 17.5 Å². The molecule has 0 aliphatic rings. The normalized spacial score (nSPS) is 11.2. The summed E-state index contributed by atoms with van der Waals surface area (Å²) in [5.74, 6) is 2.14. The summed E-state index contributed by atoms with van der Waals surface area (Å²) in [4.78, 5) is 12.7. The van der Waals surface area contributed by atoms with Crippen molar-refractivity contribution in [1.82, 2.24) is 19.3 Å². The second-order valence-electron chi connectivity index (χ2n) is 7.27. The highest BCUT2D eigenvalue weighted by molar-refractivity contribution is 7.98. The first-order valence-electron chi connectivity index (χ1n) is 10.2. The van der Waals surface area contributed by atoms with E-state index in [1.807, 2.05) is 77.4 Å². The van der Waals surface area contributed by atoms with Gasteiger partial charge in [-0.15, -0.1) is 10.2 Å². The number of benzene rings is 3. The van der Waals surface area contributed by atoms with Crippen LogP contribution in [0.1, 0.15) is 11.4 Å². The molecule has 0 saturated heterocycles. The number of thiazole rings is 1. The molecule has 5 rings (SSSR count). The average Bonchev–Trinajstić information content (AvgIpc) is 3.38. The zero-order valence-corrected chi connectivity index (χ0v) is 20.0. The summed E-state index contributed by atoms with van der Waals surface area (Å²) >= 11 is 8.95. The van der Waals surface area contributed by atoms with Crippen LogP contribution in [0.5, 0.6) is 5.75 Å². The van der Waals surface area contributed by atoms with E-state index in [-0.39, 0.29) is 4.87 Å². The molecule has 0 atom stereocenters. The van der Waals surface area contributed by atoms with E-state index < -0.39 is 0 Å². The number of thioether (sulfide) groups is 1. The maximum absolute atomic E-state index is 12.7. The molecule has 5 aromatic rings. The molecular weight excluding hydrogens is 476 g/mol. The van der Waals surface area contributed by atoms with Crippen LogP contribution in [0, 0.1) is 0 Å². The zero-order valence-electron chi connectivity index (χ0n) is 17.6. The van der Waals surface area contributed by atoms with E-state index in [0.717, 1.165) is 32.4 Å². The van der Waals surface area contributed by atoms with Crippen molar-refractivity contribution in [3.63, 3.8) is 0 Å². The Labute approximate surface area is 203 Å². The predicted octanol–water partition coefficient (Wildman–Crippen LogP) is 5.65. The lowest BCUT2D eigenvalue weighted by Gasteiger charge is -2.12. The zero-order chi connectivity index (χ0) is 22.8. The maximum atomic E-state index is 12.7. The minimum absolute atomic E-state index is 0.0198. The molecule has 3 aromatic carbocycles. The first kappa shape index (κ1) is 21.8. The van der Waals surface area contributed by atoms with E-state index in [0.29, 0.717) is 23.1 Å². The van der Waals surface area contributed by atoms with E-state index in [1.54, 1.807) is 23.4 Å². The minimum atomic E-state index is -0.0198. The molecule has 0 spiro atoms. The molecule has 0 fully saturated rings. The van der Waals surface area contributed by atoms with Gasteiger partial charge in [0.25, 0.3) is 0 Å². The average molecular weight is 495 g/mol. The molecule has 9 heteroatoms. The summed E-state index contributed by atoms with van der Waals surface area (Å²) in [5, 5.41) is 10.4. The van der Waals surface area contributed by atoms with Crippen LogP contribution in [0.25, 0.3) is 15.9 Å². The molecule has 0 bridgehead atoms. The first-order valence-corrected chi connectivity index (χ1v) is 12.3. The van der Waals surface area contributed by atoms with E-state index >= 15 is 0 Å². The van der Waals surface area contributed by atoms with E-state index in [9.17, 15) is 4.79 Å². The number of para-hydroxylation sites is 1. The summed E-state index contributed by atoms with van der Waals surface area (Å²) in [6, 6.07) is 23.3. The molecule has 166 valence electrons. The third-order valence-electron chi connectivity index (χ3n) is 5.16. The van der Waals surface area contributed by atoms with Gasteiger partial charge in [0.1, 0.15) is 5.75 Å². The van der Waals surface area contributed by atoms with Crippen LogP contribution in [0.3, 0.4) is 0 Å². The maximum Gasteiger partial charge on any atom is 0.308 e. The third-order valence-corrected chi connectivity index (χ3v) is 7.36. The number of hydrogen-bond donors (Lipinski definition) is 0. The number of aromatic nitrogens is 4. The Balaban J connectivity index is 1.54. The number of ether oxygens (including phenoxy) is 1. The highest BCUT2D eigenvalue weighted by Gasteiger charge is 2.18. The summed E-state index contributed by atoms with van der Waals surface area (Å²) < 4.78 is 10.0. The molecule has 2 heterocycles. The van der Waals surface area contributed by atoms with Crippen molar-refractivity contribution in [3.8, 4) is 11.4 Å². The number of rotatable bonds is 7. The fraction of sp³-hybridized carbons (Fsp3) is 0.125. The van der Waals surface area contributed by atoms with Gasteiger partial charge in [-0.25, -0.2) is 0 Å². The molecule has 0 unspecified atom stereocenters. The predicted molar refractivity (Wildman–Crippen MR) is 134 cm³/mol. The van der Waals surface area contributed by atoms with Gasteiger partial charge >= 0.3 is 4.87 Å². The molecule has 0 N–H and O–H groups in total. The van der Waals surface area contributed by atoms with Crippen LogP contribution in [-0.4, -0.2) is 26.4 Å². The van der Waals surface area contributed by atoms with Crippen molar-refractivity contribution in [1.29, 1.82) is 0 Å². The summed E-state index contributed by atoms with van der Waals surface area (Å²) in [7, 11) is 1.64. The van der Waals surface area contributed by atoms with Gasteiger partial charge < -0.3 is 4.74 Å². The Morgan fingerprint density at radius 1 is 1.03 bits per heavy atom. The van der Waals surface area contributed by atoms with Gasteiger partial charge in [0, 0.05) is 16.5 Å². The highest BCUT2D eigenvalue weighted by atomic mass is 35.5. The van der Waals surface area contributed by atoms with Crippen LogP contribution in [0.2, 0.25) is 5.02 Å². The third kappa shape index (κ3) is 4.55. The van der Waals surface area contributed by atoms with Crippen molar-refractivity contribution in [3.05, 3.63) is 98.9 Å². The van der Waals surface area contributed by atoms with Crippen molar-refractivity contribution in [2.24, 2.45) is 0 Å².